The van der Waals surface area contributed by atoms with E-state index in [2.05, 4.69) is 16.7 Å². The van der Waals surface area contributed by atoms with Gasteiger partial charge in [0.1, 0.15) is 5.41 Å². The van der Waals surface area contributed by atoms with E-state index >= 15 is 0 Å². The topological polar surface area (TPSA) is 64.9 Å². The molecule has 2 amide bonds. The summed E-state index contributed by atoms with van der Waals surface area (Å²) in [5.41, 5.74) is 0.768. The molecule has 0 aliphatic heterocycles. The lowest BCUT2D eigenvalue weighted by Crippen LogP contribution is -2.51. The molecule has 0 saturated carbocycles. The van der Waals surface area contributed by atoms with Crippen LogP contribution in [0, 0.1) is 11.3 Å². The zero-order chi connectivity index (χ0) is 16.7. The van der Waals surface area contributed by atoms with E-state index in [1.54, 1.807) is 0 Å². The molecule has 4 nitrogen and oxygen atoms in total. The van der Waals surface area contributed by atoms with Crippen LogP contribution in [0.2, 0.25) is 0 Å². The third-order valence-electron chi connectivity index (χ3n) is 3.97. The molecule has 1 atom stereocenters. The number of benzene rings is 2. The molecule has 0 spiro atoms. The molecule has 0 aromatic heterocycles. The van der Waals surface area contributed by atoms with Gasteiger partial charge >= 0.3 is 6.03 Å². The van der Waals surface area contributed by atoms with E-state index < -0.39 is 11.5 Å². The number of nitrogens with one attached hydrogen (secondary N) is 2. The molecule has 0 heterocycles. The molecule has 0 bridgehead atoms. The van der Waals surface area contributed by atoms with Crippen molar-refractivity contribution in [2.45, 2.75) is 25.3 Å². The van der Waals surface area contributed by atoms with Crippen LogP contribution in [0.15, 0.2) is 60.7 Å². The molecule has 0 radical (unpaired) electrons. The normalized spacial score (nSPS) is 12.0. The van der Waals surface area contributed by atoms with Gasteiger partial charge < -0.3 is 10.6 Å². The average molecular weight is 307 g/mol. The quantitative estimate of drug-likeness (QED) is 0.891. The van der Waals surface area contributed by atoms with E-state index in [4.69, 9.17) is 0 Å². The van der Waals surface area contributed by atoms with Gasteiger partial charge in [0.15, 0.2) is 0 Å². The van der Waals surface area contributed by atoms with E-state index in [-0.39, 0.29) is 6.03 Å². The molecule has 2 rings (SSSR count). The van der Waals surface area contributed by atoms with Crippen molar-refractivity contribution >= 4 is 6.03 Å². The van der Waals surface area contributed by atoms with Crippen LogP contribution in [0.3, 0.4) is 0 Å². The Bertz CT molecular complexity index is 637. The van der Waals surface area contributed by atoms with Gasteiger partial charge in [0.25, 0.3) is 0 Å². The van der Waals surface area contributed by atoms with Crippen LogP contribution in [-0.2, 0) is 5.41 Å². The number of carbonyl (C=O) groups is 1. The van der Waals surface area contributed by atoms with Crippen molar-refractivity contribution < 1.29 is 4.79 Å². The maximum Gasteiger partial charge on any atom is 0.315 e. The number of hydrogen-bond donors (Lipinski definition) is 2. The summed E-state index contributed by atoms with van der Waals surface area (Å²) in [6.45, 7) is 4.25. The molecular formula is C19H21N3O. The summed E-state index contributed by atoms with van der Waals surface area (Å²) in [6, 6.07) is 20.9. The van der Waals surface area contributed by atoms with Crippen LogP contribution in [-0.4, -0.2) is 18.6 Å². The predicted molar refractivity (Wildman–Crippen MR) is 90.9 cm³/mol. The number of carbonyl (C=O) groups excluding carboxylic acids is 1. The molecular weight excluding hydrogens is 286 g/mol. The van der Waals surface area contributed by atoms with Crippen LogP contribution >= 0.6 is 0 Å². The number of nitriles is 1. The Morgan fingerprint density at radius 3 is 1.96 bits per heavy atom. The van der Waals surface area contributed by atoms with E-state index in [0.717, 1.165) is 11.1 Å². The maximum atomic E-state index is 11.9. The second kappa shape index (κ2) is 7.46. The Kier molecular flexibility index (Phi) is 5.37. The summed E-state index contributed by atoms with van der Waals surface area (Å²) in [7, 11) is 0. The molecule has 23 heavy (non-hydrogen) atoms. The Morgan fingerprint density at radius 1 is 1.09 bits per heavy atom. The van der Waals surface area contributed by atoms with Crippen molar-refractivity contribution in [3.05, 3.63) is 71.8 Å². The molecule has 2 aromatic carbocycles. The highest BCUT2D eigenvalue weighted by atomic mass is 16.2. The number of urea groups is 1. The lowest BCUT2D eigenvalue weighted by Gasteiger charge is -2.34. The largest absolute Gasteiger partial charge is 0.338 e. The SMILES string of the molecule is CCNC(=O)NC(C)C(C#N)(c1ccccc1)c1ccccc1. The second-order valence-electron chi connectivity index (χ2n) is 5.38. The van der Waals surface area contributed by atoms with Gasteiger partial charge in [-0.2, -0.15) is 5.26 Å². The van der Waals surface area contributed by atoms with Gasteiger partial charge in [0.2, 0.25) is 0 Å². The Labute approximate surface area is 137 Å². The first kappa shape index (κ1) is 16.6. The summed E-state index contributed by atoms with van der Waals surface area (Å²) >= 11 is 0. The molecule has 2 N–H and O–H groups in total. The molecule has 1 unspecified atom stereocenters. The highest BCUT2D eigenvalue weighted by Crippen LogP contribution is 2.35. The summed E-state index contributed by atoms with van der Waals surface area (Å²) in [5.74, 6) is 0. The minimum atomic E-state index is -0.951. The Morgan fingerprint density at radius 2 is 1.57 bits per heavy atom. The van der Waals surface area contributed by atoms with Crippen LogP contribution in [0.4, 0.5) is 4.79 Å². The first-order valence-corrected chi connectivity index (χ1v) is 7.71. The minimum absolute atomic E-state index is 0.272. The van der Waals surface area contributed by atoms with Crippen molar-refractivity contribution in [1.82, 2.24) is 10.6 Å². The Hall–Kier alpha value is -2.80. The van der Waals surface area contributed by atoms with Crippen LogP contribution < -0.4 is 10.6 Å². The van der Waals surface area contributed by atoms with E-state index in [1.807, 2.05) is 74.5 Å². The fraction of sp³-hybridized carbons (Fsp3) is 0.263. The first-order chi connectivity index (χ1) is 11.1. The number of rotatable bonds is 5. The highest BCUT2D eigenvalue weighted by Gasteiger charge is 2.41. The minimum Gasteiger partial charge on any atom is -0.338 e. The first-order valence-electron chi connectivity index (χ1n) is 7.71. The van der Waals surface area contributed by atoms with Crippen LogP contribution in [0.1, 0.15) is 25.0 Å². The van der Waals surface area contributed by atoms with Crippen molar-refractivity contribution in [3.63, 3.8) is 0 Å². The molecule has 0 aliphatic carbocycles. The molecule has 118 valence electrons. The summed E-state index contributed by atoms with van der Waals surface area (Å²) < 4.78 is 0. The molecule has 0 saturated heterocycles. The lowest BCUT2D eigenvalue weighted by molar-refractivity contribution is 0.235. The number of hydrogen-bond acceptors (Lipinski definition) is 2. The van der Waals surface area contributed by atoms with Crippen molar-refractivity contribution in [3.8, 4) is 6.07 Å². The standard InChI is InChI=1S/C19H21N3O/c1-3-21-18(23)22-15(2)19(14-20,16-10-6-4-7-11-16)17-12-8-5-9-13-17/h4-13,15H,3H2,1-2H3,(H2,21,22,23). The molecule has 2 aromatic rings. The van der Waals surface area contributed by atoms with Gasteiger partial charge in [-0.05, 0) is 25.0 Å². The van der Waals surface area contributed by atoms with E-state index in [1.165, 1.54) is 0 Å². The van der Waals surface area contributed by atoms with Crippen molar-refractivity contribution in [2.75, 3.05) is 6.54 Å². The molecule has 0 fully saturated rings. The monoisotopic (exact) mass is 307 g/mol. The van der Waals surface area contributed by atoms with Crippen LogP contribution in [0.5, 0.6) is 0 Å². The number of amides is 2. The third-order valence-corrected chi connectivity index (χ3v) is 3.97. The Balaban J connectivity index is 2.51. The van der Waals surface area contributed by atoms with Crippen molar-refractivity contribution in [1.29, 1.82) is 5.26 Å². The smallest absolute Gasteiger partial charge is 0.315 e. The summed E-state index contributed by atoms with van der Waals surface area (Å²) in [4.78, 5) is 11.9. The van der Waals surface area contributed by atoms with Gasteiger partial charge in [0, 0.05) is 6.54 Å². The highest BCUT2D eigenvalue weighted by molar-refractivity contribution is 5.74. The van der Waals surface area contributed by atoms with E-state index in [9.17, 15) is 10.1 Å². The third kappa shape index (κ3) is 3.35. The average Bonchev–Trinajstić information content (AvgIpc) is 2.58. The van der Waals surface area contributed by atoms with Gasteiger partial charge in [-0.25, -0.2) is 4.79 Å². The molecule has 4 heteroatoms. The summed E-state index contributed by atoms with van der Waals surface area (Å²) in [6.07, 6.45) is 0. The van der Waals surface area contributed by atoms with Crippen LogP contribution in [0.25, 0.3) is 0 Å². The van der Waals surface area contributed by atoms with Gasteiger partial charge in [-0.15, -0.1) is 0 Å². The zero-order valence-corrected chi connectivity index (χ0v) is 13.4. The fourth-order valence-electron chi connectivity index (χ4n) is 2.81. The predicted octanol–water partition coefficient (Wildman–Crippen LogP) is 3.20. The zero-order valence-electron chi connectivity index (χ0n) is 13.4. The van der Waals surface area contributed by atoms with Gasteiger partial charge in [-0.1, -0.05) is 60.7 Å². The van der Waals surface area contributed by atoms with E-state index in [0.29, 0.717) is 6.54 Å². The lowest BCUT2D eigenvalue weighted by atomic mass is 9.70. The molecule has 0 aliphatic rings. The summed E-state index contributed by atoms with van der Waals surface area (Å²) in [5, 5.41) is 15.7. The van der Waals surface area contributed by atoms with Gasteiger partial charge in [-0.3, -0.25) is 0 Å². The van der Waals surface area contributed by atoms with Crippen molar-refractivity contribution in [2.24, 2.45) is 0 Å². The second-order valence-corrected chi connectivity index (χ2v) is 5.38. The fourth-order valence-corrected chi connectivity index (χ4v) is 2.81. The maximum absolute atomic E-state index is 11.9. The number of nitrogens with zero attached hydrogens (tertiary/aromatic N) is 1. The van der Waals surface area contributed by atoms with Gasteiger partial charge in [0.05, 0.1) is 12.1 Å².